The third-order valence-corrected chi connectivity index (χ3v) is 3.09. The van der Waals surface area contributed by atoms with E-state index in [0.29, 0.717) is 13.2 Å². The zero-order valence-corrected chi connectivity index (χ0v) is 10.0. The zero-order valence-electron chi connectivity index (χ0n) is 10.0. The van der Waals surface area contributed by atoms with E-state index in [-0.39, 0.29) is 16.8 Å². The molecule has 1 unspecified atom stereocenters. The van der Waals surface area contributed by atoms with E-state index in [1.807, 2.05) is 6.92 Å². The minimum atomic E-state index is -0.328. The van der Waals surface area contributed by atoms with E-state index in [2.05, 4.69) is 27.7 Å². The summed E-state index contributed by atoms with van der Waals surface area (Å²) in [5, 5.41) is 0. The Kier molecular flexibility index (Phi) is 2.96. The molecule has 1 aliphatic rings. The molecule has 0 aromatic rings. The fourth-order valence-electron chi connectivity index (χ4n) is 2.60. The summed E-state index contributed by atoms with van der Waals surface area (Å²) in [6.07, 6.45) is 0.858. The van der Waals surface area contributed by atoms with Gasteiger partial charge in [-0.2, -0.15) is 0 Å². The van der Waals surface area contributed by atoms with Gasteiger partial charge in [-0.3, -0.25) is 0 Å². The first-order valence-corrected chi connectivity index (χ1v) is 5.33. The molecule has 0 radical (unpaired) electrons. The highest BCUT2D eigenvalue weighted by molar-refractivity contribution is 5.08. The van der Waals surface area contributed by atoms with Crippen LogP contribution in [0.1, 0.15) is 41.0 Å². The Bertz CT molecular complexity index is 213. The van der Waals surface area contributed by atoms with Crippen LogP contribution in [0.3, 0.4) is 0 Å². The van der Waals surface area contributed by atoms with Gasteiger partial charge < -0.3 is 15.2 Å². The number of hydrogen-bond donors (Lipinski definition) is 1. The Hall–Kier alpha value is -0.120. The first kappa shape index (κ1) is 12.0. The molecule has 1 atom stereocenters. The maximum Gasteiger partial charge on any atom is 0.111 e. The van der Waals surface area contributed by atoms with Crippen LogP contribution in [0.25, 0.3) is 0 Å². The number of hydrogen-bond acceptors (Lipinski definition) is 3. The van der Waals surface area contributed by atoms with Crippen LogP contribution in [0.15, 0.2) is 0 Å². The molecule has 1 fully saturated rings. The van der Waals surface area contributed by atoms with Gasteiger partial charge in [0.05, 0.1) is 11.2 Å². The Labute approximate surface area is 86.9 Å². The van der Waals surface area contributed by atoms with Gasteiger partial charge in [-0.05, 0) is 34.6 Å². The molecule has 0 spiro atoms. The highest BCUT2D eigenvalue weighted by atomic mass is 16.6. The predicted molar refractivity (Wildman–Crippen MR) is 57.3 cm³/mol. The van der Waals surface area contributed by atoms with E-state index in [1.54, 1.807) is 0 Å². The number of nitrogens with two attached hydrogens (primary N) is 1. The van der Waals surface area contributed by atoms with Crippen molar-refractivity contribution in [3.8, 4) is 0 Å². The monoisotopic (exact) mass is 201 g/mol. The number of rotatable bonds is 3. The Morgan fingerprint density at radius 2 is 1.86 bits per heavy atom. The van der Waals surface area contributed by atoms with E-state index in [0.717, 1.165) is 6.42 Å². The van der Waals surface area contributed by atoms with Gasteiger partial charge in [0.15, 0.2) is 0 Å². The van der Waals surface area contributed by atoms with Crippen LogP contribution in [0.4, 0.5) is 0 Å². The fourth-order valence-corrected chi connectivity index (χ4v) is 2.60. The van der Waals surface area contributed by atoms with Crippen LogP contribution in [-0.4, -0.2) is 30.0 Å². The van der Waals surface area contributed by atoms with Crippen molar-refractivity contribution in [2.75, 3.05) is 13.2 Å². The second kappa shape index (κ2) is 3.47. The molecule has 14 heavy (non-hydrogen) atoms. The van der Waals surface area contributed by atoms with Crippen LogP contribution < -0.4 is 5.73 Å². The average Bonchev–Trinajstić information content (AvgIpc) is 2.17. The topological polar surface area (TPSA) is 44.5 Å². The second-order valence-electron chi connectivity index (χ2n) is 5.18. The predicted octanol–water partition coefficient (Wildman–Crippen LogP) is 1.70. The van der Waals surface area contributed by atoms with Gasteiger partial charge >= 0.3 is 0 Å². The molecule has 0 amide bonds. The standard InChI is InChI=1S/C11H23NO2/c1-6-13-11(8-12)7-9(2,3)14-10(11,4)5/h6-8,12H2,1-5H3. The molecular formula is C11H23NO2. The van der Waals surface area contributed by atoms with Crippen molar-refractivity contribution in [3.05, 3.63) is 0 Å². The molecule has 0 aromatic heterocycles. The van der Waals surface area contributed by atoms with Crippen LogP contribution in [0.5, 0.6) is 0 Å². The third-order valence-electron chi connectivity index (χ3n) is 3.09. The molecule has 1 aliphatic heterocycles. The van der Waals surface area contributed by atoms with E-state index in [9.17, 15) is 0 Å². The smallest absolute Gasteiger partial charge is 0.111 e. The molecule has 0 bridgehead atoms. The molecule has 1 rings (SSSR count). The Morgan fingerprint density at radius 1 is 1.29 bits per heavy atom. The van der Waals surface area contributed by atoms with Gasteiger partial charge in [0, 0.05) is 19.6 Å². The van der Waals surface area contributed by atoms with E-state index in [1.165, 1.54) is 0 Å². The normalized spacial score (nSPS) is 34.7. The van der Waals surface area contributed by atoms with Gasteiger partial charge in [-0.15, -0.1) is 0 Å². The van der Waals surface area contributed by atoms with Crippen molar-refractivity contribution in [1.82, 2.24) is 0 Å². The van der Waals surface area contributed by atoms with Gasteiger partial charge in [-0.25, -0.2) is 0 Å². The lowest BCUT2D eigenvalue weighted by Gasteiger charge is -2.38. The molecule has 3 heteroatoms. The van der Waals surface area contributed by atoms with Crippen LogP contribution in [0, 0.1) is 0 Å². The Morgan fingerprint density at radius 3 is 2.14 bits per heavy atom. The maximum atomic E-state index is 5.99. The third kappa shape index (κ3) is 1.81. The van der Waals surface area contributed by atoms with Crippen molar-refractivity contribution in [2.45, 2.75) is 57.8 Å². The summed E-state index contributed by atoms with van der Waals surface area (Å²) in [6.45, 7) is 11.5. The first-order chi connectivity index (χ1) is 6.29. The SMILES string of the molecule is CCOC1(CN)CC(C)(C)OC1(C)C. The van der Waals surface area contributed by atoms with Crippen molar-refractivity contribution >= 4 is 0 Å². The summed E-state index contributed by atoms with van der Waals surface area (Å²) in [6, 6.07) is 0. The average molecular weight is 201 g/mol. The van der Waals surface area contributed by atoms with Crippen LogP contribution in [0.2, 0.25) is 0 Å². The van der Waals surface area contributed by atoms with E-state index < -0.39 is 0 Å². The molecule has 84 valence electrons. The highest BCUT2D eigenvalue weighted by Gasteiger charge is 2.57. The van der Waals surface area contributed by atoms with Crippen LogP contribution in [-0.2, 0) is 9.47 Å². The fraction of sp³-hybridized carbons (Fsp3) is 1.00. The van der Waals surface area contributed by atoms with Gasteiger partial charge in [-0.1, -0.05) is 0 Å². The van der Waals surface area contributed by atoms with Crippen molar-refractivity contribution in [3.63, 3.8) is 0 Å². The molecule has 3 nitrogen and oxygen atoms in total. The van der Waals surface area contributed by atoms with E-state index in [4.69, 9.17) is 15.2 Å². The van der Waals surface area contributed by atoms with E-state index >= 15 is 0 Å². The van der Waals surface area contributed by atoms with Gasteiger partial charge in [0.1, 0.15) is 5.60 Å². The lowest BCUT2D eigenvalue weighted by atomic mass is 9.82. The van der Waals surface area contributed by atoms with Gasteiger partial charge in [0.2, 0.25) is 0 Å². The molecule has 1 heterocycles. The molecule has 2 N–H and O–H groups in total. The zero-order chi connectivity index (χ0) is 11.0. The number of ether oxygens (including phenoxy) is 2. The first-order valence-electron chi connectivity index (χ1n) is 5.33. The summed E-state index contributed by atoms with van der Waals surface area (Å²) in [5.74, 6) is 0. The van der Waals surface area contributed by atoms with Crippen molar-refractivity contribution in [1.29, 1.82) is 0 Å². The second-order valence-corrected chi connectivity index (χ2v) is 5.18. The lowest BCUT2D eigenvalue weighted by Crippen LogP contribution is -2.53. The summed E-state index contributed by atoms with van der Waals surface area (Å²) in [4.78, 5) is 0. The minimum Gasteiger partial charge on any atom is -0.371 e. The maximum absolute atomic E-state index is 5.99. The quantitative estimate of drug-likeness (QED) is 0.756. The summed E-state index contributed by atoms with van der Waals surface area (Å²) < 4.78 is 11.8. The Balaban J connectivity index is 2.95. The van der Waals surface area contributed by atoms with Crippen LogP contribution >= 0.6 is 0 Å². The molecular weight excluding hydrogens is 178 g/mol. The minimum absolute atomic E-state index is 0.141. The molecule has 0 saturated carbocycles. The highest BCUT2D eigenvalue weighted by Crippen LogP contribution is 2.46. The molecule has 0 aromatic carbocycles. The largest absolute Gasteiger partial charge is 0.371 e. The summed E-state index contributed by atoms with van der Waals surface area (Å²) in [5.41, 5.74) is 5.07. The molecule has 1 saturated heterocycles. The summed E-state index contributed by atoms with van der Waals surface area (Å²) >= 11 is 0. The molecule has 0 aliphatic carbocycles. The van der Waals surface area contributed by atoms with Gasteiger partial charge in [0.25, 0.3) is 0 Å². The van der Waals surface area contributed by atoms with Crippen molar-refractivity contribution in [2.24, 2.45) is 5.73 Å². The van der Waals surface area contributed by atoms with Crippen molar-refractivity contribution < 1.29 is 9.47 Å². The lowest BCUT2D eigenvalue weighted by molar-refractivity contribution is -0.145. The summed E-state index contributed by atoms with van der Waals surface area (Å²) in [7, 11) is 0.